The minimum atomic E-state index is -0.753. The van der Waals surface area contributed by atoms with Crippen molar-refractivity contribution < 1.29 is 23.4 Å². The van der Waals surface area contributed by atoms with Gasteiger partial charge in [0.2, 0.25) is 0 Å². The molecule has 0 spiro atoms. The van der Waals surface area contributed by atoms with Crippen LogP contribution >= 0.6 is 11.6 Å². The van der Waals surface area contributed by atoms with Gasteiger partial charge in [0.05, 0.1) is 37.3 Å². The summed E-state index contributed by atoms with van der Waals surface area (Å²) in [5.74, 6) is -1.87. The third-order valence-corrected chi connectivity index (χ3v) is 5.34. The molecule has 1 aliphatic heterocycles. The van der Waals surface area contributed by atoms with Crippen LogP contribution in [0.2, 0.25) is 5.02 Å². The number of benzene rings is 2. The molecule has 2 heterocycles. The van der Waals surface area contributed by atoms with E-state index in [1.54, 1.807) is 24.3 Å². The molecule has 176 valence electrons. The Kier molecular flexibility index (Phi) is 7.37. The number of nitriles is 1. The zero-order valence-corrected chi connectivity index (χ0v) is 18.6. The van der Waals surface area contributed by atoms with Crippen LogP contribution in [-0.4, -0.2) is 47.9 Å². The average molecular weight is 487 g/mol. The molecule has 9 nitrogen and oxygen atoms in total. The number of ether oxygens (including phenoxy) is 3. The average Bonchev–Trinajstić information content (AvgIpc) is 2.83. The number of fused-ring (bicyclic) bond motifs is 1. The van der Waals surface area contributed by atoms with Crippen molar-refractivity contribution in [2.45, 2.75) is 25.2 Å². The number of nitrogens with zero attached hydrogens (tertiary/aromatic N) is 2. The van der Waals surface area contributed by atoms with Crippen molar-refractivity contribution in [2.24, 2.45) is 0 Å². The van der Waals surface area contributed by atoms with Crippen LogP contribution in [0, 0.1) is 17.1 Å². The topological polar surface area (TPSA) is 126 Å². The van der Waals surface area contributed by atoms with E-state index in [0.717, 1.165) is 11.6 Å². The van der Waals surface area contributed by atoms with Crippen LogP contribution in [0.3, 0.4) is 0 Å². The molecule has 3 aromatic rings. The van der Waals surface area contributed by atoms with Crippen molar-refractivity contribution in [3.8, 4) is 11.8 Å². The molecule has 1 saturated heterocycles. The highest BCUT2D eigenvalue weighted by Crippen LogP contribution is 2.26. The van der Waals surface area contributed by atoms with Crippen LogP contribution in [-0.2, 0) is 16.0 Å². The van der Waals surface area contributed by atoms with Gasteiger partial charge in [0.1, 0.15) is 18.1 Å². The number of H-pyrrole nitrogens is 1. The zero-order chi connectivity index (χ0) is 24.1. The van der Waals surface area contributed by atoms with E-state index in [2.05, 4.69) is 15.3 Å². The molecular weight excluding hydrogens is 467 g/mol. The fraction of sp³-hybridized carbons (Fsp3) is 0.304. The summed E-state index contributed by atoms with van der Waals surface area (Å²) in [5.41, 5.74) is 0.153. The summed E-state index contributed by atoms with van der Waals surface area (Å²) >= 11 is 5.94. The second-order valence-corrected chi connectivity index (χ2v) is 8.02. The maximum atomic E-state index is 14.5. The maximum Gasteiger partial charge on any atom is 0.287 e. The largest absolute Gasteiger partial charge is 0.487 e. The summed E-state index contributed by atoms with van der Waals surface area (Å²) in [6, 6.07) is 11.4. The van der Waals surface area contributed by atoms with E-state index in [-0.39, 0.29) is 61.4 Å². The van der Waals surface area contributed by atoms with Crippen molar-refractivity contribution in [1.29, 1.82) is 5.26 Å². The van der Waals surface area contributed by atoms with E-state index in [0.29, 0.717) is 5.02 Å². The summed E-state index contributed by atoms with van der Waals surface area (Å²) in [4.78, 5) is 31.8. The first kappa shape index (κ1) is 23.6. The molecule has 2 atom stereocenters. The number of rotatable bonds is 7. The van der Waals surface area contributed by atoms with Crippen LogP contribution in [0.1, 0.15) is 22.6 Å². The number of carbonyl (C=O) groups is 1. The van der Waals surface area contributed by atoms with Crippen molar-refractivity contribution in [1.82, 2.24) is 15.3 Å². The van der Waals surface area contributed by atoms with Gasteiger partial charge >= 0.3 is 0 Å². The zero-order valence-electron chi connectivity index (χ0n) is 17.8. The van der Waals surface area contributed by atoms with Gasteiger partial charge in [0, 0.05) is 11.6 Å². The third-order valence-electron chi connectivity index (χ3n) is 5.10. The van der Waals surface area contributed by atoms with Crippen molar-refractivity contribution in [2.75, 3.05) is 19.8 Å². The minimum absolute atomic E-state index is 0.0728. The van der Waals surface area contributed by atoms with Gasteiger partial charge in [-0.25, -0.2) is 9.37 Å². The Labute approximate surface area is 198 Å². The second-order valence-electron chi connectivity index (χ2n) is 7.58. The lowest BCUT2D eigenvalue weighted by Gasteiger charge is -2.28. The number of halogens is 2. The lowest BCUT2D eigenvalue weighted by Crippen LogP contribution is -2.38. The third kappa shape index (κ3) is 5.51. The first-order valence-electron chi connectivity index (χ1n) is 10.4. The maximum absolute atomic E-state index is 14.5. The van der Waals surface area contributed by atoms with Gasteiger partial charge in [0.15, 0.2) is 17.4 Å². The smallest absolute Gasteiger partial charge is 0.287 e. The molecule has 1 aromatic heterocycles. The fourth-order valence-electron chi connectivity index (χ4n) is 3.41. The predicted molar refractivity (Wildman–Crippen MR) is 120 cm³/mol. The molecule has 4 rings (SSSR count). The molecule has 11 heteroatoms. The molecule has 0 bridgehead atoms. The van der Waals surface area contributed by atoms with Gasteiger partial charge in [-0.05, 0) is 29.8 Å². The molecule has 1 amide bonds. The van der Waals surface area contributed by atoms with Crippen LogP contribution in [0.4, 0.5) is 4.39 Å². The highest BCUT2D eigenvalue weighted by atomic mass is 35.5. The number of hydrogen-bond acceptors (Lipinski definition) is 7. The molecule has 0 radical (unpaired) electrons. The van der Waals surface area contributed by atoms with Gasteiger partial charge in [-0.3, -0.25) is 9.59 Å². The quantitative estimate of drug-likeness (QED) is 0.525. The summed E-state index contributed by atoms with van der Waals surface area (Å²) in [7, 11) is 0. The van der Waals surface area contributed by atoms with E-state index in [1.807, 2.05) is 6.07 Å². The Balaban J connectivity index is 1.48. The van der Waals surface area contributed by atoms with E-state index < -0.39 is 23.4 Å². The molecule has 0 saturated carbocycles. The normalized spacial score (nSPS) is 17.8. The number of nitrogens with one attached hydrogen (secondary N) is 2. The van der Waals surface area contributed by atoms with Crippen molar-refractivity contribution in [3.63, 3.8) is 0 Å². The molecule has 0 aliphatic carbocycles. The molecule has 2 aromatic carbocycles. The number of aromatic amines is 1. The fourth-order valence-corrected chi connectivity index (χ4v) is 3.63. The summed E-state index contributed by atoms with van der Waals surface area (Å²) < 4.78 is 31.2. The van der Waals surface area contributed by atoms with Crippen molar-refractivity contribution in [3.05, 3.63) is 69.0 Å². The number of aromatic nitrogens is 2. The Bertz CT molecular complexity index is 1300. The van der Waals surface area contributed by atoms with Crippen LogP contribution in [0.25, 0.3) is 10.9 Å². The standard InChI is InChI=1S/C23H20ClFN4O5/c24-14-3-1-2-13(8-14)9-27-23(31)21-28-18-5-4-17(25)20(19(18)22(30)29-21)34-12-16-11-32-15(6-7-26)10-33-16/h1-5,8,15-16H,6,9-12H2,(H,27,31)(H,28,29,30). The molecule has 34 heavy (non-hydrogen) atoms. The van der Waals surface area contributed by atoms with E-state index in [4.69, 9.17) is 31.1 Å². The Hall–Kier alpha value is -3.52. The Morgan fingerprint density at radius 3 is 2.82 bits per heavy atom. The van der Waals surface area contributed by atoms with Crippen LogP contribution < -0.4 is 15.6 Å². The second kappa shape index (κ2) is 10.6. The van der Waals surface area contributed by atoms with E-state index in [9.17, 15) is 14.0 Å². The van der Waals surface area contributed by atoms with E-state index >= 15 is 0 Å². The molecule has 2 unspecified atom stereocenters. The highest BCUT2D eigenvalue weighted by Gasteiger charge is 2.24. The monoisotopic (exact) mass is 486 g/mol. The summed E-state index contributed by atoms with van der Waals surface area (Å²) in [5, 5.41) is 11.8. The van der Waals surface area contributed by atoms with Gasteiger partial charge in [-0.2, -0.15) is 5.26 Å². The predicted octanol–water partition coefficient (Wildman–Crippen LogP) is 2.72. The minimum Gasteiger partial charge on any atom is -0.487 e. The molecular formula is C23H20ClFN4O5. The van der Waals surface area contributed by atoms with Crippen LogP contribution in [0.5, 0.6) is 5.75 Å². The van der Waals surface area contributed by atoms with Gasteiger partial charge in [-0.15, -0.1) is 0 Å². The molecule has 1 fully saturated rings. The summed E-state index contributed by atoms with van der Waals surface area (Å²) in [6.07, 6.45) is -0.596. The van der Waals surface area contributed by atoms with Crippen molar-refractivity contribution >= 4 is 28.4 Å². The number of hydrogen-bond donors (Lipinski definition) is 2. The van der Waals surface area contributed by atoms with Gasteiger partial charge < -0.3 is 24.5 Å². The molecule has 1 aliphatic rings. The molecule has 2 N–H and O–H groups in total. The highest BCUT2D eigenvalue weighted by molar-refractivity contribution is 6.30. The van der Waals surface area contributed by atoms with Gasteiger partial charge in [-0.1, -0.05) is 23.7 Å². The summed E-state index contributed by atoms with van der Waals surface area (Å²) in [6.45, 7) is 0.494. The van der Waals surface area contributed by atoms with Gasteiger partial charge in [0.25, 0.3) is 11.5 Å². The Morgan fingerprint density at radius 2 is 2.09 bits per heavy atom. The Morgan fingerprint density at radius 1 is 1.29 bits per heavy atom. The van der Waals surface area contributed by atoms with E-state index in [1.165, 1.54) is 6.07 Å². The number of carbonyl (C=O) groups excluding carboxylic acids is 1. The van der Waals surface area contributed by atoms with Crippen LogP contribution in [0.15, 0.2) is 41.2 Å². The number of amides is 1. The lowest BCUT2D eigenvalue weighted by molar-refractivity contribution is -0.140. The SMILES string of the molecule is N#CCC1COC(COc2c(F)ccc3nc(C(=O)NCc4cccc(Cl)c4)[nH]c(=O)c23)CO1. The first-order valence-corrected chi connectivity index (χ1v) is 10.8. The first-order chi connectivity index (χ1) is 16.4. The lowest BCUT2D eigenvalue weighted by atomic mass is 10.2.